The van der Waals surface area contributed by atoms with Gasteiger partial charge in [0.1, 0.15) is 34.4 Å². The van der Waals surface area contributed by atoms with E-state index in [0.29, 0.717) is 34.0 Å². The summed E-state index contributed by atoms with van der Waals surface area (Å²) in [5.74, 6) is -0.751. The minimum absolute atomic E-state index is 0.0903. The molecule has 17 heteroatoms. The van der Waals surface area contributed by atoms with Gasteiger partial charge in [-0.25, -0.2) is 9.97 Å². The molecule has 7 aromatic rings. The van der Waals surface area contributed by atoms with Gasteiger partial charge in [-0.2, -0.15) is 4.37 Å². The summed E-state index contributed by atoms with van der Waals surface area (Å²) in [5, 5.41) is 13.0. The van der Waals surface area contributed by atoms with Crippen LogP contribution in [0.15, 0.2) is 173 Å². The number of esters is 1. The summed E-state index contributed by atoms with van der Waals surface area (Å²) in [6.07, 6.45) is 2.60. The minimum atomic E-state index is -1.11. The second kappa shape index (κ2) is 21.1. The SMILES string of the molecule is O=C(NC1C(=O)N2CC(CSc3ncns3)(C(=O)OC(c3ccccc3)c3ccccc3)CS[C@H]12)C(=NOC1CCCCO1)c1csc(NC(c2ccccc2)(c2ccccc2)c2ccccc2)n1. The van der Waals surface area contributed by atoms with Crippen LogP contribution >= 0.6 is 46.4 Å². The van der Waals surface area contributed by atoms with Gasteiger partial charge in [-0.3, -0.25) is 14.4 Å². The molecule has 69 heavy (non-hydrogen) atoms. The van der Waals surface area contributed by atoms with Crippen LogP contribution in [0.25, 0.3) is 0 Å². The Balaban J connectivity index is 0.910. The fraction of sp³-hybridized carbons (Fsp3) is 0.250. The summed E-state index contributed by atoms with van der Waals surface area (Å²) in [5.41, 5.74) is 2.82. The standard InChI is InChI=1S/C52H47N7O6S4/c60-45(56-43-46(61)59-31-51(32-67-47(43)59,33-68-50-53-34-54-69-50)48(62)64-44(35-18-6-1-7-19-35)36-20-8-2-9-21-36)42(58-65-41-28-16-17-29-63-41)40-30-66-49(55-40)57-52(37-22-10-3-11-23-37,38-24-12-4-13-25-38)39-26-14-5-15-27-39/h1-15,18-27,30,34,41,43-44,47H,16-17,28-29,31-33H2,(H,55,57)(H,56,60)/t41?,43?,47-,51?/m1/s1. The van der Waals surface area contributed by atoms with Crippen molar-refractivity contribution in [2.75, 3.05) is 30.0 Å². The van der Waals surface area contributed by atoms with Crippen LogP contribution in [0.4, 0.5) is 5.13 Å². The van der Waals surface area contributed by atoms with Crippen molar-refractivity contribution < 1.29 is 28.7 Å². The smallest absolute Gasteiger partial charge is 0.316 e. The van der Waals surface area contributed by atoms with Crippen molar-refractivity contribution in [1.82, 2.24) is 24.6 Å². The average molecular weight is 994 g/mol. The van der Waals surface area contributed by atoms with E-state index in [-0.39, 0.29) is 23.9 Å². The maximum Gasteiger partial charge on any atom is 0.316 e. The number of anilines is 1. The molecule has 3 unspecified atom stereocenters. The zero-order valence-corrected chi connectivity index (χ0v) is 40.4. The number of hydrogen-bond donors (Lipinski definition) is 2. The molecule has 3 aliphatic rings. The molecule has 3 aliphatic heterocycles. The lowest BCUT2D eigenvalue weighted by molar-refractivity contribution is -0.164. The average Bonchev–Trinajstić information content (AvgIpc) is 4.13. The first-order valence-corrected chi connectivity index (χ1v) is 26.3. The Morgan fingerprint density at radius 2 is 1.46 bits per heavy atom. The molecular formula is C52H47N7O6S4. The topological polar surface area (TPSA) is 157 Å². The highest BCUT2D eigenvalue weighted by Gasteiger charge is 2.58. The third kappa shape index (κ3) is 9.92. The number of hydrogen-bond acceptors (Lipinski definition) is 15. The van der Waals surface area contributed by atoms with Crippen LogP contribution < -0.4 is 10.6 Å². The molecule has 3 fully saturated rings. The lowest BCUT2D eigenvalue weighted by Gasteiger charge is -2.54. The van der Waals surface area contributed by atoms with E-state index in [1.54, 1.807) is 10.3 Å². The molecule has 4 atom stereocenters. The molecule has 2 aromatic heterocycles. The molecule has 0 saturated carbocycles. The quantitative estimate of drug-likeness (QED) is 0.0223. The predicted octanol–water partition coefficient (Wildman–Crippen LogP) is 9.16. The van der Waals surface area contributed by atoms with Gasteiger partial charge < -0.3 is 29.8 Å². The number of benzene rings is 5. The summed E-state index contributed by atoms with van der Waals surface area (Å²) in [4.78, 5) is 60.5. The number of oxime groups is 1. The molecule has 13 nitrogen and oxygen atoms in total. The van der Waals surface area contributed by atoms with Crippen molar-refractivity contribution in [2.45, 2.75) is 53.0 Å². The molecular weight excluding hydrogens is 947 g/mol. The first-order valence-electron chi connectivity index (χ1n) is 22.6. The first kappa shape index (κ1) is 46.4. The fourth-order valence-corrected chi connectivity index (χ4v) is 12.9. The fourth-order valence-electron chi connectivity index (χ4n) is 8.84. The van der Waals surface area contributed by atoms with Crippen molar-refractivity contribution in [3.05, 3.63) is 197 Å². The first-order chi connectivity index (χ1) is 33.9. The summed E-state index contributed by atoms with van der Waals surface area (Å²) in [6.45, 7) is 0.610. The number of ether oxygens (including phenoxy) is 2. The van der Waals surface area contributed by atoms with Crippen LogP contribution in [0, 0.1) is 5.41 Å². The van der Waals surface area contributed by atoms with Crippen LogP contribution in [0.5, 0.6) is 0 Å². The Morgan fingerprint density at radius 1 is 0.855 bits per heavy atom. The molecule has 0 bridgehead atoms. The third-order valence-corrected chi connectivity index (χ3v) is 16.8. The van der Waals surface area contributed by atoms with Crippen LogP contribution in [0.3, 0.4) is 0 Å². The highest BCUT2D eigenvalue weighted by molar-refractivity contribution is 8.01. The number of carbonyl (C=O) groups excluding carboxylic acids is 3. The molecule has 2 N–H and O–H groups in total. The van der Waals surface area contributed by atoms with Gasteiger partial charge in [0.25, 0.3) is 5.91 Å². The molecule has 0 aliphatic carbocycles. The number of nitrogens with one attached hydrogen (secondary N) is 2. The summed E-state index contributed by atoms with van der Waals surface area (Å²) in [7, 11) is 0. The number of nitrogens with zero attached hydrogens (tertiary/aromatic N) is 5. The van der Waals surface area contributed by atoms with E-state index in [1.807, 2.05) is 115 Å². The monoisotopic (exact) mass is 993 g/mol. The van der Waals surface area contributed by atoms with Crippen molar-refractivity contribution in [3.63, 3.8) is 0 Å². The number of β-lactam (4-membered cyclic amide) rings is 1. The van der Waals surface area contributed by atoms with E-state index in [9.17, 15) is 14.4 Å². The van der Waals surface area contributed by atoms with Crippen molar-refractivity contribution in [1.29, 1.82) is 0 Å². The van der Waals surface area contributed by atoms with Gasteiger partial charge in [0.2, 0.25) is 12.2 Å². The van der Waals surface area contributed by atoms with Gasteiger partial charge in [0.05, 0.1) is 6.61 Å². The van der Waals surface area contributed by atoms with Gasteiger partial charge in [-0.05, 0) is 52.2 Å². The van der Waals surface area contributed by atoms with E-state index >= 15 is 0 Å². The van der Waals surface area contributed by atoms with Crippen LogP contribution in [0.2, 0.25) is 0 Å². The molecule has 3 saturated heterocycles. The Labute approximate surface area is 416 Å². The maximum atomic E-state index is 14.7. The van der Waals surface area contributed by atoms with Gasteiger partial charge in [-0.1, -0.05) is 169 Å². The van der Waals surface area contributed by atoms with E-state index in [0.717, 1.165) is 40.7 Å². The lowest BCUT2D eigenvalue weighted by Crippen LogP contribution is -2.74. The number of aromatic nitrogens is 3. The Bertz CT molecular complexity index is 2720. The van der Waals surface area contributed by atoms with E-state index in [1.165, 1.54) is 52.7 Å². The Hall–Kier alpha value is -6.37. The van der Waals surface area contributed by atoms with Crippen molar-refractivity contribution in [3.8, 4) is 0 Å². The molecule has 2 amide bonds. The molecule has 10 rings (SSSR count). The summed E-state index contributed by atoms with van der Waals surface area (Å²) < 4.78 is 17.1. The second-order valence-corrected chi connectivity index (χ2v) is 20.8. The van der Waals surface area contributed by atoms with Gasteiger partial charge >= 0.3 is 5.97 Å². The third-order valence-electron chi connectivity index (χ3n) is 12.4. The largest absolute Gasteiger partial charge is 0.452 e. The van der Waals surface area contributed by atoms with Crippen LogP contribution in [0.1, 0.15) is 58.9 Å². The van der Waals surface area contributed by atoms with E-state index in [4.69, 9.17) is 19.3 Å². The number of carbonyl (C=O) groups is 3. The molecule has 0 spiro atoms. The number of amides is 2. The van der Waals surface area contributed by atoms with E-state index < -0.39 is 46.6 Å². The van der Waals surface area contributed by atoms with Gasteiger partial charge in [0, 0.05) is 29.9 Å². The zero-order chi connectivity index (χ0) is 47.0. The van der Waals surface area contributed by atoms with Crippen LogP contribution in [-0.2, 0) is 34.2 Å². The summed E-state index contributed by atoms with van der Waals surface area (Å²) in [6, 6.07) is 48.9. The zero-order valence-electron chi connectivity index (χ0n) is 37.2. The van der Waals surface area contributed by atoms with Gasteiger partial charge in [0.15, 0.2) is 21.3 Å². The highest BCUT2D eigenvalue weighted by atomic mass is 32.2. The van der Waals surface area contributed by atoms with E-state index in [2.05, 4.69) is 61.5 Å². The lowest BCUT2D eigenvalue weighted by atomic mass is 9.77. The molecule has 350 valence electrons. The normalized spacial score (nSPS) is 20.4. The highest BCUT2D eigenvalue weighted by Crippen LogP contribution is 2.46. The summed E-state index contributed by atoms with van der Waals surface area (Å²) >= 11 is 5.42. The molecule has 5 aromatic carbocycles. The molecule has 0 radical (unpaired) electrons. The number of fused-ring (bicyclic) bond motifs is 1. The van der Waals surface area contributed by atoms with Crippen molar-refractivity contribution >= 4 is 75.0 Å². The number of thiazole rings is 1. The van der Waals surface area contributed by atoms with Crippen molar-refractivity contribution in [2.24, 2.45) is 10.6 Å². The predicted molar refractivity (Wildman–Crippen MR) is 270 cm³/mol. The Kier molecular flexibility index (Phi) is 14.2. The maximum absolute atomic E-state index is 14.7. The van der Waals surface area contributed by atoms with Gasteiger partial charge in [-0.15, -0.1) is 23.1 Å². The second-order valence-electron chi connectivity index (χ2n) is 16.9. The van der Waals surface area contributed by atoms with Crippen LogP contribution in [-0.4, -0.2) is 85.1 Å². The number of thioether (sulfide) groups is 2. The minimum Gasteiger partial charge on any atom is -0.452 e. The number of rotatable bonds is 17. The molecule has 5 heterocycles. The Morgan fingerprint density at radius 3 is 2.03 bits per heavy atom.